The molecule has 13 heteroatoms. The van der Waals surface area contributed by atoms with E-state index in [1.54, 1.807) is 48.5 Å². The fourth-order valence-electron chi connectivity index (χ4n) is 4.67. The molecule has 0 spiro atoms. The number of amides is 2. The van der Waals surface area contributed by atoms with Crippen molar-refractivity contribution in [3.05, 3.63) is 65.7 Å². The van der Waals surface area contributed by atoms with E-state index in [4.69, 9.17) is 13.9 Å². The number of ether oxygens (including phenoxy) is 2. The first-order chi connectivity index (χ1) is 18.2. The minimum Gasteiger partial charge on any atom is -0.494 e. The summed E-state index contributed by atoms with van der Waals surface area (Å²) in [5, 5.41) is 6.38. The lowest BCUT2D eigenvalue weighted by Crippen LogP contribution is -2.55. The standard InChI is InChI=1S/C25H24F3N5O5/c1-29-17(34)12-37-11-14-19(23-31-20-15(36-2)9-6-10-16(20)38-23)24(35)33-22(30-14)18(13-7-4-3-5-8-13)21(32-33)25(26,27)28/h3-10,18,21-22,30,32H,11-12H2,1-2H3,(H,29,34). The van der Waals surface area contributed by atoms with Crippen LogP contribution in [0.1, 0.15) is 17.4 Å². The van der Waals surface area contributed by atoms with Gasteiger partial charge in [0, 0.05) is 7.05 Å². The molecular formula is C25H24F3N5O5. The molecule has 200 valence electrons. The Balaban J connectivity index is 1.60. The molecule has 0 radical (unpaired) electrons. The first-order valence-corrected chi connectivity index (χ1v) is 11.7. The van der Waals surface area contributed by atoms with Crippen LogP contribution in [0.25, 0.3) is 16.7 Å². The van der Waals surface area contributed by atoms with Crippen molar-refractivity contribution in [1.82, 2.24) is 26.1 Å². The van der Waals surface area contributed by atoms with Crippen LogP contribution in [0.15, 0.2) is 58.6 Å². The van der Waals surface area contributed by atoms with E-state index >= 15 is 0 Å². The molecule has 0 saturated carbocycles. The van der Waals surface area contributed by atoms with Crippen LogP contribution in [-0.2, 0) is 14.3 Å². The molecule has 3 aromatic rings. The van der Waals surface area contributed by atoms with Gasteiger partial charge in [0.1, 0.15) is 30.1 Å². The summed E-state index contributed by atoms with van der Waals surface area (Å²) in [4.78, 5) is 29.9. The fraction of sp³-hybridized carbons (Fsp3) is 0.320. The molecule has 3 atom stereocenters. The quantitative estimate of drug-likeness (QED) is 0.425. The monoisotopic (exact) mass is 531 g/mol. The van der Waals surface area contributed by atoms with E-state index in [2.05, 4.69) is 21.0 Å². The van der Waals surface area contributed by atoms with Crippen LogP contribution in [0.5, 0.6) is 5.75 Å². The number of alkyl halides is 3. The number of methoxy groups -OCH3 is 1. The number of hydrogen-bond donors (Lipinski definition) is 3. The third-order valence-electron chi connectivity index (χ3n) is 6.42. The van der Waals surface area contributed by atoms with Crippen LogP contribution in [0.3, 0.4) is 0 Å². The SMILES string of the molecule is CNC(=O)COCC1=C(c2nc3c(OC)cccc3o2)C(=O)N2NC(C(F)(F)F)C(c3ccccc3)C2N1. The molecule has 0 bridgehead atoms. The number of nitrogens with one attached hydrogen (secondary N) is 3. The second kappa shape index (κ2) is 9.99. The normalized spacial score (nSPS) is 21.4. The van der Waals surface area contributed by atoms with Gasteiger partial charge in [-0.25, -0.2) is 15.4 Å². The second-order valence-corrected chi connectivity index (χ2v) is 8.69. The van der Waals surface area contributed by atoms with Gasteiger partial charge < -0.3 is 24.5 Å². The van der Waals surface area contributed by atoms with Crippen molar-refractivity contribution < 1.29 is 36.7 Å². The molecule has 38 heavy (non-hydrogen) atoms. The third-order valence-corrected chi connectivity index (χ3v) is 6.42. The predicted molar refractivity (Wildman–Crippen MR) is 128 cm³/mol. The molecule has 10 nitrogen and oxygen atoms in total. The summed E-state index contributed by atoms with van der Waals surface area (Å²) in [5.74, 6) is -2.12. The number of benzene rings is 2. The van der Waals surface area contributed by atoms with Crippen LogP contribution < -0.4 is 20.8 Å². The number of hydrogen-bond acceptors (Lipinski definition) is 8. The number of likely N-dealkylation sites (N-methyl/N-ethyl adjacent to an activating group) is 1. The summed E-state index contributed by atoms with van der Waals surface area (Å²) >= 11 is 0. The van der Waals surface area contributed by atoms with Crippen LogP contribution in [0, 0.1) is 0 Å². The van der Waals surface area contributed by atoms with E-state index < -0.39 is 36.1 Å². The zero-order valence-electron chi connectivity index (χ0n) is 20.3. The fourth-order valence-corrected chi connectivity index (χ4v) is 4.67. The van der Waals surface area contributed by atoms with Crippen LogP contribution in [0.4, 0.5) is 13.2 Å². The Bertz CT molecular complexity index is 1390. The largest absolute Gasteiger partial charge is 0.494 e. The van der Waals surface area contributed by atoms with E-state index in [1.807, 2.05) is 0 Å². The zero-order chi connectivity index (χ0) is 27.0. The maximum atomic E-state index is 14.2. The van der Waals surface area contributed by atoms with E-state index in [0.29, 0.717) is 22.4 Å². The Hall–Kier alpha value is -4.10. The molecule has 2 aliphatic rings. The van der Waals surface area contributed by atoms with Gasteiger partial charge in [0.15, 0.2) is 11.1 Å². The lowest BCUT2D eigenvalue weighted by molar-refractivity contribution is -0.161. The second-order valence-electron chi connectivity index (χ2n) is 8.69. The number of halogens is 3. The number of oxazole rings is 1. The maximum absolute atomic E-state index is 14.2. The summed E-state index contributed by atoms with van der Waals surface area (Å²) in [6.07, 6.45) is -5.78. The number of carbonyl (C=O) groups excluding carboxylic acids is 2. The van der Waals surface area contributed by atoms with E-state index in [9.17, 15) is 22.8 Å². The van der Waals surface area contributed by atoms with Crippen LogP contribution >= 0.6 is 0 Å². The van der Waals surface area contributed by atoms with Gasteiger partial charge in [-0.2, -0.15) is 13.2 Å². The highest BCUT2D eigenvalue weighted by molar-refractivity contribution is 6.20. The average molecular weight is 531 g/mol. The topological polar surface area (TPSA) is 118 Å². The number of fused-ring (bicyclic) bond motifs is 2. The van der Waals surface area contributed by atoms with E-state index in [1.165, 1.54) is 14.2 Å². The van der Waals surface area contributed by atoms with Crippen molar-refractivity contribution in [3.63, 3.8) is 0 Å². The highest BCUT2D eigenvalue weighted by atomic mass is 19.4. The number of hydrazine groups is 1. The van der Waals surface area contributed by atoms with Gasteiger partial charge in [0.05, 0.1) is 25.3 Å². The van der Waals surface area contributed by atoms with E-state index in [0.717, 1.165) is 5.01 Å². The van der Waals surface area contributed by atoms with Gasteiger partial charge >= 0.3 is 6.18 Å². The number of carbonyl (C=O) groups is 2. The zero-order valence-corrected chi connectivity index (χ0v) is 20.3. The Morgan fingerprint density at radius 2 is 1.95 bits per heavy atom. The molecule has 3 N–H and O–H groups in total. The van der Waals surface area contributed by atoms with Crippen LogP contribution in [-0.4, -0.2) is 67.6 Å². The molecule has 0 aliphatic carbocycles. The van der Waals surface area contributed by atoms with Gasteiger partial charge in [-0.3, -0.25) is 9.59 Å². The van der Waals surface area contributed by atoms with Gasteiger partial charge in [0.25, 0.3) is 5.91 Å². The van der Waals surface area contributed by atoms with Gasteiger partial charge in [-0.15, -0.1) is 0 Å². The lowest BCUT2D eigenvalue weighted by atomic mass is 9.89. The van der Waals surface area contributed by atoms with Crippen molar-refractivity contribution in [1.29, 1.82) is 0 Å². The van der Waals surface area contributed by atoms with Gasteiger partial charge in [0.2, 0.25) is 11.8 Å². The highest BCUT2D eigenvalue weighted by Crippen LogP contribution is 2.43. The summed E-state index contributed by atoms with van der Waals surface area (Å²) < 4.78 is 59.2. The number of nitrogens with zero attached hydrogens (tertiary/aromatic N) is 2. The smallest absolute Gasteiger partial charge is 0.406 e. The number of para-hydroxylation sites is 1. The molecule has 1 fully saturated rings. The van der Waals surface area contributed by atoms with Crippen molar-refractivity contribution in [2.45, 2.75) is 24.3 Å². The Morgan fingerprint density at radius 1 is 1.18 bits per heavy atom. The molecule has 2 amide bonds. The Labute approximate surface area is 214 Å². The molecule has 3 unspecified atom stereocenters. The minimum absolute atomic E-state index is 0.126. The average Bonchev–Trinajstić information content (AvgIpc) is 3.51. The molecule has 3 heterocycles. The van der Waals surface area contributed by atoms with Crippen molar-refractivity contribution >= 4 is 28.5 Å². The summed E-state index contributed by atoms with van der Waals surface area (Å²) in [5.41, 5.74) is 3.40. The van der Waals surface area contributed by atoms with Crippen molar-refractivity contribution in [2.75, 3.05) is 27.4 Å². The Kier molecular flexibility index (Phi) is 6.71. The highest BCUT2D eigenvalue weighted by Gasteiger charge is 2.58. The number of aromatic nitrogens is 1. The summed E-state index contributed by atoms with van der Waals surface area (Å²) in [6.45, 7) is -0.614. The first-order valence-electron chi connectivity index (χ1n) is 11.7. The Morgan fingerprint density at radius 3 is 2.63 bits per heavy atom. The van der Waals surface area contributed by atoms with Gasteiger partial charge in [-0.1, -0.05) is 36.4 Å². The number of rotatable bonds is 7. The summed E-state index contributed by atoms with van der Waals surface area (Å²) in [6, 6.07) is 11.0. The lowest BCUT2D eigenvalue weighted by Gasteiger charge is -2.35. The predicted octanol–water partition coefficient (Wildman–Crippen LogP) is 2.30. The molecule has 1 saturated heterocycles. The molecule has 5 rings (SSSR count). The minimum atomic E-state index is -4.67. The summed E-state index contributed by atoms with van der Waals surface area (Å²) in [7, 11) is 2.89. The molecule has 2 aliphatic heterocycles. The molecule has 1 aromatic heterocycles. The van der Waals surface area contributed by atoms with E-state index in [-0.39, 0.29) is 30.4 Å². The van der Waals surface area contributed by atoms with Gasteiger partial charge in [-0.05, 0) is 17.7 Å². The third kappa shape index (κ3) is 4.54. The maximum Gasteiger partial charge on any atom is 0.406 e. The van der Waals surface area contributed by atoms with Crippen molar-refractivity contribution in [3.8, 4) is 5.75 Å². The van der Waals surface area contributed by atoms with Crippen molar-refractivity contribution in [2.24, 2.45) is 0 Å². The molecular weight excluding hydrogens is 507 g/mol. The molecule has 2 aromatic carbocycles. The first kappa shape index (κ1) is 25.5. The van der Waals surface area contributed by atoms with Crippen LogP contribution in [0.2, 0.25) is 0 Å².